The summed E-state index contributed by atoms with van der Waals surface area (Å²) in [5.74, 6) is 0.531. The minimum Gasteiger partial charge on any atom is -0.437 e. The van der Waals surface area contributed by atoms with E-state index < -0.39 is 0 Å². The number of nitrogens with two attached hydrogens (primary N) is 1. The van der Waals surface area contributed by atoms with Gasteiger partial charge < -0.3 is 10.5 Å². The van der Waals surface area contributed by atoms with Gasteiger partial charge in [0.25, 0.3) is 0 Å². The van der Waals surface area contributed by atoms with Crippen LogP contribution in [0.3, 0.4) is 0 Å². The summed E-state index contributed by atoms with van der Waals surface area (Å²) in [4.78, 5) is 4.54. The minimum absolute atomic E-state index is 0.348. The number of benzene rings is 1. The first-order valence-electron chi connectivity index (χ1n) is 6.52. The molecule has 3 rings (SSSR count). The molecule has 1 aromatic carbocycles. The number of nitrogens with zero attached hydrogens (tertiary/aromatic N) is 1. The zero-order valence-corrected chi connectivity index (χ0v) is 12.4. The molecule has 1 aliphatic carbocycles. The molecule has 0 radical (unpaired) electrons. The largest absolute Gasteiger partial charge is 0.437 e. The summed E-state index contributed by atoms with van der Waals surface area (Å²) in [7, 11) is 0. The van der Waals surface area contributed by atoms with Crippen molar-refractivity contribution in [1.29, 1.82) is 0 Å². The highest BCUT2D eigenvalue weighted by Gasteiger charge is 2.17. The van der Waals surface area contributed by atoms with Crippen LogP contribution in [0.4, 0.5) is 4.39 Å². The Hall–Kier alpha value is -1.46. The van der Waals surface area contributed by atoms with Crippen LogP contribution in [0.15, 0.2) is 28.7 Å². The van der Waals surface area contributed by atoms with Gasteiger partial charge in [0.05, 0.1) is 4.47 Å². The maximum absolute atomic E-state index is 13.3. The molecular weight excluding hydrogens is 323 g/mol. The van der Waals surface area contributed by atoms with Crippen LogP contribution in [-0.4, -0.2) is 4.98 Å². The van der Waals surface area contributed by atoms with Gasteiger partial charge in [0.15, 0.2) is 0 Å². The Balaban J connectivity index is 1.99. The second-order valence-electron chi connectivity index (χ2n) is 4.79. The number of aryl methyl sites for hydroxylation is 2. The number of hydrogen-bond acceptors (Lipinski definition) is 3. The van der Waals surface area contributed by atoms with Crippen molar-refractivity contribution in [2.75, 3.05) is 0 Å². The van der Waals surface area contributed by atoms with Crippen molar-refractivity contribution in [1.82, 2.24) is 4.98 Å². The lowest BCUT2D eigenvalue weighted by atomic mass is 10.1. The Morgan fingerprint density at radius 2 is 2.15 bits per heavy atom. The van der Waals surface area contributed by atoms with Crippen molar-refractivity contribution in [3.05, 3.63) is 51.4 Å². The maximum Gasteiger partial charge on any atom is 0.224 e. The summed E-state index contributed by atoms with van der Waals surface area (Å²) in [5.41, 5.74) is 8.92. The quantitative estimate of drug-likeness (QED) is 0.929. The van der Waals surface area contributed by atoms with Gasteiger partial charge in [0.1, 0.15) is 11.6 Å². The van der Waals surface area contributed by atoms with Crippen LogP contribution in [0.5, 0.6) is 11.6 Å². The van der Waals surface area contributed by atoms with Crippen molar-refractivity contribution in [3.8, 4) is 11.6 Å². The number of halogens is 2. The van der Waals surface area contributed by atoms with Crippen LogP contribution < -0.4 is 10.5 Å². The molecule has 0 saturated carbocycles. The van der Waals surface area contributed by atoms with Crippen LogP contribution in [0, 0.1) is 5.82 Å². The van der Waals surface area contributed by atoms with Gasteiger partial charge in [-0.05, 0) is 59.0 Å². The van der Waals surface area contributed by atoms with Gasteiger partial charge in [0.2, 0.25) is 5.88 Å². The van der Waals surface area contributed by atoms with E-state index in [2.05, 4.69) is 27.0 Å². The molecule has 3 nitrogen and oxygen atoms in total. The average Bonchev–Trinajstić information content (AvgIpc) is 2.89. The van der Waals surface area contributed by atoms with Gasteiger partial charge in [-0.1, -0.05) is 0 Å². The third kappa shape index (κ3) is 2.55. The van der Waals surface area contributed by atoms with E-state index in [0.717, 1.165) is 30.5 Å². The molecular formula is C15H14BrFN2O. The Morgan fingerprint density at radius 1 is 1.30 bits per heavy atom. The van der Waals surface area contributed by atoms with E-state index in [1.54, 1.807) is 6.07 Å². The third-order valence-electron chi connectivity index (χ3n) is 3.41. The molecule has 104 valence electrons. The molecule has 5 heteroatoms. The number of ether oxygens (including phenoxy) is 1. The van der Waals surface area contributed by atoms with E-state index in [4.69, 9.17) is 10.5 Å². The van der Waals surface area contributed by atoms with E-state index in [-0.39, 0.29) is 5.82 Å². The smallest absolute Gasteiger partial charge is 0.224 e. The van der Waals surface area contributed by atoms with E-state index in [1.807, 2.05) is 0 Å². The Bertz CT molecular complexity index is 661. The summed E-state index contributed by atoms with van der Waals surface area (Å²) >= 11 is 3.35. The lowest BCUT2D eigenvalue weighted by molar-refractivity contribution is 0.447. The maximum atomic E-state index is 13.3. The van der Waals surface area contributed by atoms with E-state index in [0.29, 0.717) is 22.6 Å². The summed E-state index contributed by atoms with van der Waals surface area (Å²) in [6.07, 6.45) is 3.11. The molecule has 1 heterocycles. The van der Waals surface area contributed by atoms with Crippen LogP contribution >= 0.6 is 15.9 Å². The molecule has 0 saturated heterocycles. The van der Waals surface area contributed by atoms with Crippen LogP contribution in [0.25, 0.3) is 0 Å². The van der Waals surface area contributed by atoms with Crippen molar-refractivity contribution >= 4 is 15.9 Å². The number of fused-ring (bicyclic) bond motifs is 1. The normalized spacial score (nSPS) is 13.3. The number of rotatable bonds is 3. The SMILES string of the molecule is NCc1cc2c(nc1Oc1cc(F)ccc1Br)CCC2. The van der Waals surface area contributed by atoms with Crippen molar-refractivity contribution in [2.45, 2.75) is 25.8 Å². The van der Waals surface area contributed by atoms with Crippen molar-refractivity contribution < 1.29 is 9.13 Å². The highest BCUT2D eigenvalue weighted by molar-refractivity contribution is 9.10. The Kier molecular flexibility index (Phi) is 3.72. The van der Waals surface area contributed by atoms with Gasteiger partial charge in [-0.2, -0.15) is 0 Å². The van der Waals surface area contributed by atoms with Gasteiger partial charge in [-0.15, -0.1) is 0 Å². The fraction of sp³-hybridized carbons (Fsp3) is 0.267. The predicted octanol–water partition coefficient (Wildman–Crippen LogP) is 3.72. The third-order valence-corrected chi connectivity index (χ3v) is 4.06. The molecule has 2 N–H and O–H groups in total. The highest BCUT2D eigenvalue weighted by atomic mass is 79.9. The first kappa shape index (κ1) is 13.5. The van der Waals surface area contributed by atoms with Gasteiger partial charge in [-0.3, -0.25) is 0 Å². The van der Waals surface area contributed by atoms with Crippen LogP contribution in [-0.2, 0) is 19.4 Å². The second kappa shape index (κ2) is 5.50. The molecule has 0 unspecified atom stereocenters. The zero-order valence-electron chi connectivity index (χ0n) is 10.8. The topological polar surface area (TPSA) is 48.1 Å². The molecule has 2 aromatic rings. The van der Waals surface area contributed by atoms with E-state index >= 15 is 0 Å². The minimum atomic E-state index is -0.348. The fourth-order valence-electron chi connectivity index (χ4n) is 2.39. The van der Waals surface area contributed by atoms with E-state index in [9.17, 15) is 4.39 Å². The molecule has 1 aromatic heterocycles. The zero-order chi connectivity index (χ0) is 14.1. The molecule has 20 heavy (non-hydrogen) atoms. The molecule has 0 aliphatic heterocycles. The first-order chi connectivity index (χ1) is 9.67. The molecule has 0 amide bonds. The average molecular weight is 337 g/mol. The van der Waals surface area contributed by atoms with Crippen molar-refractivity contribution in [3.63, 3.8) is 0 Å². The van der Waals surface area contributed by atoms with Gasteiger partial charge in [-0.25, -0.2) is 9.37 Å². The first-order valence-corrected chi connectivity index (χ1v) is 7.31. The lowest BCUT2D eigenvalue weighted by Crippen LogP contribution is -2.04. The number of aromatic nitrogens is 1. The predicted molar refractivity (Wildman–Crippen MR) is 78.3 cm³/mol. The summed E-state index contributed by atoms with van der Waals surface area (Å²) in [6, 6.07) is 6.37. The lowest BCUT2D eigenvalue weighted by Gasteiger charge is -2.12. The summed E-state index contributed by atoms with van der Waals surface area (Å²) in [6.45, 7) is 0.350. The fourth-order valence-corrected chi connectivity index (χ4v) is 2.72. The monoisotopic (exact) mass is 336 g/mol. The van der Waals surface area contributed by atoms with Crippen molar-refractivity contribution in [2.24, 2.45) is 5.73 Å². The molecule has 0 spiro atoms. The van der Waals surface area contributed by atoms with Gasteiger partial charge >= 0.3 is 0 Å². The van der Waals surface area contributed by atoms with Crippen LogP contribution in [0.2, 0.25) is 0 Å². The Labute approximate surface area is 125 Å². The summed E-state index contributed by atoms with van der Waals surface area (Å²) < 4.78 is 19.7. The van der Waals surface area contributed by atoms with Gasteiger partial charge in [0, 0.05) is 23.9 Å². The molecule has 0 fully saturated rings. The summed E-state index contributed by atoms with van der Waals surface area (Å²) in [5, 5.41) is 0. The second-order valence-corrected chi connectivity index (χ2v) is 5.65. The number of hydrogen-bond donors (Lipinski definition) is 1. The standard InChI is InChI=1S/C15H14BrFN2O/c16-12-5-4-11(17)7-14(12)20-15-10(8-18)6-9-2-1-3-13(9)19-15/h4-7H,1-3,8,18H2. The Morgan fingerprint density at radius 3 is 2.95 bits per heavy atom. The molecule has 1 aliphatic rings. The highest BCUT2D eigenvalue weighted by Crippen LogP contribution is 2.33. The van der Waals surface area contributed by atoms with E-state index in [1.165, 1.54) is 17.7 Å². The number of pyridine rings is 1. The van der Waals surface area contributed by atoms with Crippen LogP contribution in [0.1, 0.15) is 23.2 Å². The molecule has 0 bridgehead atoms. The molecule has 0 atom stereocenters.